The zero-order valence-corrected chi connectivity index (χ0v) is 8.59. The number of benzene rings is 1. The molecule has 15 heavy (non-hydrogen) atoms. The Kier molecular flexibility index (Phi) is 4.00. The first kappa shape index (κ1) is 11.4. The van der Waals surface area contributed by atoms with Gasteiger partial charge in [-0.2, -0.15) is 0 Å². The molecular weight excluding hydrogens is 192 g/mol. The van der Waals surface area contributed by atoms with Gasteiger partial charge in [-0.25, -0.2) is 0 Å². The van der Waals surface area contributed by atoms with Gasteiger partial charge in [0.05, 0.1) is 12.6 Å². The van der Waals surface area contributed by atoms with Crippen molar-refractivity contribution in [3.63, 3.8) is 0 Å². The highest BCUT2D eigenvalue weighted by Gasteiger charge is 2.18. The number of amides is 1. The fraction of sp³-hybridized carbons (Fsp3) is 0.273. The molecule has 1 unspecified atom stereocenters. The normalized spacial score (nSPS) is 11.9. The lowest BCUT2D eigenvalue weighted by molar-refractivity contribution is -0.120. The van der Waals surface area contributed by atoms with Crippen LogP contribution < -0.4 is 10.6 Å². The van der Waals surface area contributed by atoms with Gasteiger partial charge in [0, 0.05) is 5.69 Å². The molecule has 0 aromatic heterocycles. The van der Waals surface area contributed by atoms with Crippen LogP contribution in [0.2, 0.25) is 0 Å². The van der Waals surface area contributed by atoms with Gasteiger partial charge in [0.1, 0.15) is 6.29 Å². The van der Waals surface area contributed by atoms with E-state index in [1.54, 1.807) is 19.1 Å². The highest BCUT2D eigenvalue weighted by molar-refractivity contribution is 5.98. The lowest BCUT2D eigenvalue weighted by atomic mass is 10.2. The van der Waals surface area contributed by atoms with E-state index in [9.17, 15) is 9.59 Å². The summed E-state index contributed by atoms with van der Waals surface area (Å²) in [5.41, 5.74) is 6.18. The number of carbonyl (C=O) groups excluding carboxylic acids is 2. The molecule has 0 fully saturated rings. The van der Waals surface area contributed by atoms with E-state index in [4.69, 9.17) is 5.73 Å². The van der Waals surface area contributed by atoms with E-state index in [2.05, 4.69) is 0 Å². The molecule has 0 aliphatic carbocycles. The molecule has 0 radical (unpaired) electrons. The van der Waals surface area contributed by atoms with E-state index in [0.717, 1.165) is 0 Å². The molecular formula is C11H14N2O2. The van der Waals surface area contributed by atoms with Crippen molar-refractivity contribution in [1.29, 1.82) is 0 Å². The highest BCUT2D eigenvalue weighted by atomic mass is 16.2. The molecule has 0 spiro atoms. The molecule has 80 valence electrons. The number of nitrogens with zero attached hydrogens (tertiary/aromatic N) is 1. The maximum Gasteiger partial charge on any atom is 0.244 e. The second-order valence-electron chi connectivity index (χ2n) is 3.24. The molecule has 1 amide bonds. The van der Waals surface area contributed by atoms with Crippen LogP contribution in [0.4, 0.5) is 5.69 Å². The Morgan fingerprint density at radius 2 is 2.07 bits per heavy atom. The number of aldehydes is 1. The third-order valence-corrected chi connectivity index (χ3v) is 1.98. The molecule has 1 aromatic carbocycles. The number of para-hydroxylation sites is 1. The van der Waals surface area contributed by atoms with Gasteiger partial charge >= 0.3 is 0 Å². The molecule has 4 heteroatoms. The highest BCUT2D eigenvalue weighted by Crippen LogP contribution is 2.13. The van der Waals surface area contributed by atoms with Crippen LogP contribution in [0.3, 0.4) is 0 Å². The average Bonchev–Trinajstić information content (AvgIpc) is 2.26. The van der Waals surface area contributed by atoms with Crippen molar-refractivity contribution in [3.8, 4) is 0 Å². The van der Waals surface area contributed by atoms with E-state index in [-0.39, 0.29) is 12.5 Å². The summed E-state index contributed by atoms with van der Waals surface area (Å²) in [5.74, 6) is -0.256. The van der Waals surface area contributed by atoms with Gasteiger partial charge in [-0.15, -0.1) is 0 Å². The smallest absolute Gasteiger partial charge is 0.244 e. The lowest BCUT2D eigenvalue weighted by Gasteiger charge is -2.22. The molecule has 2 N–H and O–H groups in total. The standard InChI is InChI=1S/C11H14N2O2/c1-9(12)11(15)13(7-8-14)10-5-3-2-4-6-10/h2-6,8-9H,7,12H2,1H3. The molecule has 0 aliphatic rings. The Balaban J connectivity index is 2.93. The fourth-order valence-corrected chi connectivity index (χ4v) is 1.25. The molecule has 0 aliphatic heterocycles. The van der Waals surface area contributed by atoms with Crippen LogP contribution in [0.5, 0.6) is 0 Å². The molecule has 0 bridgehead atoms. The number of rotatable bonds is 4. The Labute approximate surface area is 88.7 Å². The van der Waals surface area contributed by atoms with Crippen LogP contribution in [-0.4, -0.2) is 24.8 Å². The number of hydrogen-bond donors (Lipinski definition) is 1. The quantitative estimate of drug-likeness (QED) is 0.732. The Morgan fingerprint density at radius 3 is 2.53 bits per heavy atom. The summed E-state index contributed by atoms with van der Waals surface area (Å²) in [5, 5.41) is 0. The van der Waals surface area contributed by atoms with Crippen LogP contribution in [0.25, 0.3) is 0 Å². The van der Waals surface area contributed by atoms with Gasteiger partial charge in [0.15, 0.2) is 0 Å². The molecule has 1 rings (SSSR count). The molecule has 4 nitrogen and oxygen atoms in total. The van der Waals surface area contributed by atoms with Crippen molar-refractivity contribution in [3.05, 3.63) is 30.3 Å². The summed E-state index contributed by atoms with van der Waals surface area (Å²) >= 11 is 0. The Morgan fingerprint density at radius 1 is 1.47 bits per heavy atom. The second kappa shape index (κ2) is 5.26. The third kappa shape index (κ3) is 2.89. The summed E-state index contributed by atoms with van der Waals surface area (Å²) in [6, 6.07) is 8.39. The number of hydrogen-bond acceptors (Lipinski definition) is 3. The minimum Gasteiger partial charge on any atom is -0.320 e. The Bertz CT molecular complexity index is 336. The van der Waals surface area contributed by atoms with Crippen LogP contribution in [0, 0.1) is 0 Å². The first-order valence-corrected chi connectivity index (χ1v) is 4.72. The summed E-state index contributed by atoms with van der Waals surface area (Å²) in [4.78, 5) is 23.5. The van der Waals surface area contributed by atoms with Crippen molar-refractivity contribution >= 4 is 17.9 Å². The zero-order chi connectivity index (χ0) is 11.3. The van der Waals surface area contributed by atoms with Crippen LogP contribution in [0.15, 0.2) is 30.3 Å². The molecule has 0 saturated carbocycles. The van der Waals surface area contributed by atoms with Gasteiger partial charge in [0.2, 0.25) is 5.91 Å². The van der Waals surface area contributed by atoms with Crippen molar-refractivity contribution < 1.29 is 9.59 Å². The Hall–Kier alpha value is -1.68. The zero-order valence-electron chi connectivity index (χ0n) is 8.59. The fourth-order valence-electron chi connectivity index (χ4n) is 1.25. The molecule has 0 saturated heterocycles. The van der Waals surface area contributed by atoms with Crippen molar-refractivity contribution in [1.82, 2.24) is 0 Å². The third-order valence-electron chi connectivity index (χ3n) is 1.98. The summed E-state index contributed by atoms with van der Waals surface area (Å²) in [6.07, 6.45) is 0.688. The van der Waals surface area contributed by atoms with Gasteiger partial charge < -0.3 is 15.4 Å². The second-order valence-corrected chi connectivity index (χ2v) is 3.24. The van der Waals surface area contributed by atoms with Gasteiger partial charge in [-0.05, 0) is 19.1 Å². The lowest BCUT2D eigenvalue weighted by Crippen LogP contribution is -2.43. The van der Waals surface area contributed by atoms with Crippen molar-refractivity contribution in [2.24, 2.45) is 5.73 Å². The molecule has 1 atom stereocenters. The first-order chi connectivity index (χ1) is 7.16. The largest absolute Gasteiger partial charge is 0.320 e. The van der Waals surface area contributed by atoms with E-state index in [0.29, 0.717) is 12.0 Å². The SMILES string of the molecule is CC(N)C(=O)N(CC=O)c1ccccc1. The van der Waals surface area contributed by atoms with E-state index in [1.165, 1.54) is 4.90 Å². The van der Waals surface area contributed by atoms with Crippen LogP contribution in [0.1, 0.15) is 6.92 Å². The number of anilines is 1. The van der Waals surface area contributed by atoms with Crippen LogP contribution >= 0.6 is 0 Å². The predicted octanol–water partition coefficient (Wildman–Crippen LogP) is 0.566. The van der Waals surface area contributed by atoms with Gasteiger partial charge in [0.25, 0.3) is 0 Å². The molecule has 0 heterocycles. The summed E-state index contributed by atoms with van der Waals surface area (Å²) in [7, 11) is 0. The molecule has 1 aromatic rings. The van der Waals surface area contributed by atoms with Crippen LogP contribution in [-0.2, 0) is 9.59 Å². The van der Waals surface area contributed by atoms with Crippen molar-refractivity contribution in [2.45, 2.75) is 13.0 Å². The van der Waals surface area contributed by atoms with Crippen molar-refractivity contribution in [2.75, 3.05) is 11.4 Å². The van der Waals surface area contributed by atoms with E-state index >= 15 is 0 Å². The summed E-state index contributed by atoms with van der Waals surface area (Å²) < 4.78 is 0. The monoisotopic (exact) mass is 206 g/mol. The predicted molar refractivity (Wildman–Crippen MR) is 58.5 cm³/mol. The maximum absolute atomic E-state index is 11.7. The number of carbonyl (C=O) groups is 2. The van der Waals surface area contributed by atoms with Gasteiger partial charge in [-0.1, -0.05) is 18.2 Å². The minimum atomic E-state index is -0.606. The van der Waals surface area contributed by atoms with E-state index in [1.807, 2.05) is 18.2 Å². The maximum atomic E-state index is 11.7. The number of nitrogens with two attached hydrogens (primary N) is 1. The first-order valence-electron chi connectivity index (χ1n) is 4.72. The topological polar surface area (TPSA) is 63.4 Å². The van der Waals surface area contributed by atoms with Gasteiger partial charge in [-0.3, -0.25) is 4.79 Å². The average molecular weight is 206 g/mol. The summed E-state index contributed by atoms with van der Waals surface area (Å²) in [6.45, 7) is 1.63. The van der Waals surface area contributed by atoms with E-state index < -0.39 is 6.04 Å². The minimum absolute atomic E-state index is 0.0321.